The quantitative estimate of drug-likeness (QED) is 0.757. The van der Waals surface area contributed by atoms with Crippen LogP contribution in [0.15, 0.2) is 42.5 Å². The van der Waals surface area contributed by atoms with Gasteiger partial charge in [-0.1, -0.05) is 36.4 Å². The standard InChI is InChI=1S/C22H24N4O5/c1-2-31-22(30)25-12-10-24(11-13-25)19(27)14-17-20(28)26(21(29)23-17)18-9-5-7-15-6-3-4-8-16(15)18/h3-9,17H,2,10-14H2,1H3,(H,23,29)/t17-/m0/s1. The molecule has 2 aromatic rings. The highest BCUT2D eigenvalue weighted by Crippen LogP contribution is 2.29. The molecule has 9 nitrogen and oxygen atoms in total. The van der Waals surface area contributed by atoms with Gasteiger partial charge in [0.05, 0.1) is 18.7 Å². The summed E-state index contributed by atoms with van der Waals surface area (Å²) in [4.78, 5) is 54.4. The largest absolute Gasteiger partial charge is 0.450 e. The van der Waals surface area contributed by atoms with Crippen molar-refractivity contribution in [2.24, 2.45) is 0 Å². The molecule has 9 heteroatoms. The van der Waals surface area contributed by atoms with E-state index in [0.29, 0.717) is 38.5 Å². The van der Waals surface area contributed by atoms with E-state index in [2.05, 4.69) is 5.32 Å². The Morgan fingerprint density at radius 3 is 2.42 bits per heavy atom. The molecule has 0 aliphatic carbocycles. The van der Waals surface area contributed by atoms with E-state index in [0.717, 1.165) is 15.7 Å². The Morgan fingerprint density at radius 2 is 1.68 bits per heavy atom. The topological polar surface area (TPSA) is 99.3 Å². The summed E-state index contributed by atoms with van der Waals surface area (Å²) in [6.07, 6.45) is -0.510. The minimum Gasteiger partial charge on any atom is -0.450 e. The molecule has 1 N–H and O–H groups in total. The van der Waals surface area contributed by atoms with Crippen LogP contribution >= 0.6 is 0 Å². The lowest BCUT2D eigenvalue weighted by Crippen LogP contribution is -2.51. The third-order valence-electron chi connectivity index (χ3n) is 5.56. The van der Waals surface area contributed by atoms with E-state index in [1.165, 1.54) is 0 Å². The van der Waals surface area contributed by atoms with Crippen molar-refractivity contribution in [3.05, 3.63) is 42.5 Å². The van der Waals surface area contributed by atoms with Gasteiger partial charge in [0.2, 0.25) is 5.91 Å². The van der Waals surface area contributed by atoms with Crippen molar-refractivity contribution in [1.29, 1.82) is 0 Å². The van der Waals surface area contributed by atoms with Crippen LogP contribution in [0.5, 0.6) is 0 Å². The molecule has 2 heterocycles. The number of carbonyl (C=O) groups is 4. The van der Waals surface area contributed by atoms with Crippen LogP contribution < -0.4 is 10.2 Å². The minimum absolute atomic E-state index is 0.120. The highest BCUT2D eigenvalue weighted by atomic mass is 16.6. The van der Waals surface area contributed by atoms with Crippen LogP contribution in [0.3, 0.4) is 0 Å². The molecular weight excluding hydrogens is 400 g/mol. The molecular formula is C22H24N4O5. The molecule has 2 fully saturated rings. The van der Waals surface area contributed by atoms with Crippen molar-refractivity contribution in [1.82, 2.24) is 15.1 Å². The van der Waals surface area contributed by atoms with E-state index in [1.807, 2.05) is 30.3 Å². The first-order chi connectivity index (χ1) is 15.0. The summed E-state index contributed by atoms with van der Waals surface area (Å²) in [5.41, 5.74) is 0.499. The number of piperazine rings is 1. The van der Waals surface area contributed by atoms with Crippen molar-refractivity contribution in [2.75, 3.05) is 37.7 Å². The molecule has 2 aliphatic heterocycles. The maximum Gasteiger partial charge on any atom is 0.409 e. The van der Waals surface area contributed by atoms with Crippen LogP contribution in [0.2, 0.25) is 0 Å². The normalized spacial score (nSPS) is 19.0. The van der Waals surface area contributed by atoms with Gasteiger partial charge in [0.1, 0.15) is 6.04 Å². The fourth-order valence-corrected chi connectivity index (χ4v) is 3.96. The van der Waals surface area contributed by atoms with E-state index >= 15 is 0 Å². The lowest BCUT2D eigenvalue weighted by atomic mass is 10.1. The molecule has 31 heavy (non-hydrogen) atoms. The van der Waals surface area contributed by atoms with E-state index in [1.54, 1.807) is 28.9 Å². The van der Waals surface area contributed by atoms with Gasteiger partial charge >= 0.3 is 12.1 Å². The Morgan fingerprint density at radius 1 is 1.00 bits per heavy atom. The van der Waals surface area contributed by atoms with Crippen LogP contribution in [0.4, 0.5) is 15.3 Å². The first-order valence-electron chi connectivity index (χ1n) is 10.3. The van der Waals surface area contributed by atoms with Crippen LogP contribution in [-0.2, 0) is 14.3 Å². The predicted molar refractivity (Wildman–Crippen MR) is 114 cm³/mol. The fraction of sp³-hybridized carbons (Fsp3) is 0.364. The SMILES string of the molecule is CCOC(=O)N1CCN(C(=O)C[C@@H]2NC(=O)N(c3cccc4ccccc34)C2=O)CC1. The van der Waals surface area contributed by atoms with Crippen molar-refractivity contribution < 1.29 is 23.9 Å². The number of hydrogen-bond donors (Lipinski definition) is 1. The van der Waals surface area contributed by atoms with E-state index in [4.69, 9.17) is 4.74 Å². The molecule has 0 unspecified atom stereocenters. The van der Waals surface area contributed by atoms with Gasteiger partial charge in [-0.3, -0.25) is 9.59 Å². The molecule has 1 atom stereocenters. The third kappa shape index (κ3) is 4.03. The van der Waals surface area contributed by atoms with Crippen LogP contribution in [0.25, 0.3) is 10.8 Å². The number of imide groups is 1. The molecule has 2 aliphatic rings. The Bertz CT molecular complexity index is 1030. The molecule has 0 radical (unpaired) electrons. The van der Waals surface area contributed by atoms with E-state index < -0.39 is 24.1 Å². The van der Waals surface area contributed by atoms with Crippen LogP contribution in [-0.4, -0.2) is 72.6 Å². The number of fused-ring (bicyclic) bond motifs is 1. The molecule has 0 spiro atoms. The average Bonchev–Trinajstić information content (AvgIpc) is 3.06. The number of benzene rings is 2. The van der Waals surface area contributed by atoms with Crippen molar-refractivity contribution in [2.45, 2.75) is 19.4 Å². The number of hydrogen-bond acceptors (Lipinski definition) is 5. The van der Waals surface area contributed by atoms with Gasteiger partial charge in [-0.05, 0) is 18.4 Å². The van der Waals surface area contributed by atoms with Crippen molar-refractivity contribution in [3.8, 4) is 0 Å². The number of urea groups is 1. The second-order valence-corrected chi connectivity index (χ2v) is 7.44. The number of anilines is 1. The number of amides is 5. The first kappa shape index (κ1) is 20.6. The molecule has 0 saturated carbocycles. The Labute approximate surface area is 179 Å². The highest BCUT2D eigenvalue weighted by Gasteiger charge is 2.41. The third-order valence-corrected chi connectivity index (χ3v) is 5.56. The number of carbonyl (C=O) groups excluding carboxylic acids is 4. The number of nitrogens with zero attached hydrogens (tertiary/aromatic N) is 3. The molecule has 0 aromatic heterocycles. The Kier molecular flexibility index (Phi) is 5.75. The van der Waals surface area contributed by atoms with Gasteiger partial charge < -0.3 is 19.9 Å². The zero-order chi connectivity index (χ0) is 22.0. The molecule has 0 bridgehead atoms. The molecule has 5 amide bonds. The Balaban J connectivity index is 1.42. The van der Waals surface area contributed by atoms with Gasteiger partial charge in [0, 0.05) is 31.6 Å². The van der Waals surface area contributed by atoms with E-state index in [9.17, 15) is 19.2 Å². The molecule has 162 valence electrons. The second-order valence-electron chi connectivity index (χ2n) is 7.44. The molecule has 2 saturated heterocycles. The molecule has 2 aromatic carbocycles. The zero-order valence-corrected chi connectivity index (χ0v) is 17.2. The molecule has 4 rings (SSSR count). The zero-order valence-electron chi connectivity index (χ0n) is 17.2. The summed E-state index contributed by atoms with van der Waals surface area (Å²) in [5.74, 6) is -0.679. The second kappa shape index (κ2) is 8.63. The van der Waals surface area contributed by atoms with E-state index in [-0.39, 0.29) is 12.3 Å². The highest BCUT2D eigenvalue weighted by molar-refractivity contribution is 6.24. The maximum atomic E-state index is 13.0. The summed E-state index contributed by atoms with van der Waals surface area (Å²) in [6.45, 7) is 3.51. The monoisotopic (exact) mass is 424 g/mol. The number of nitrogens with one attached hydrogen (secondary N) is 1. The Hall–Kier alpha value is -3.62. The lowest BCUT2D eigenvalue weighted by molar-refractivity contribution is -0.135. The summed E-state index contributed by atoms with van der Waals surface area (Å²) >= 11 is 0. The van der Waals surface area contributed by atoms with Gasteiger partial charge in [-0.2, -0.15) is 0 Å². The van der Waals surface area contributed by atoms with Crippen molar-refractivity contribution in [3.63, 3.8) is 0 Å². The average molecular weight is 424 g/mol. The maximum absolute atomic E-state index is 13.0. The first-order valence-corrected chi connectivity index (χ1v) is 10.3. The fourth-order valence-electron chi connectivity index (χ4n) is 3.96. The minimum atomic E-state index is -0.915. The lowest BCUT2D eigenvalue weighted by Gasteiger charge is -2.34. The predicted octanol–water partition coefficient (Wildman–Crippen LogP) is 1.96. The van der Waals surface area contributed by atoms with Gasteiger partial charge in [-0.25, -0.2) is 14.5 Å². The number of ether oxygens (including phenoxy) is 1. The smallest absolute Gasteiger partial charge is 0.409 e. The summed E-state index contributed by atoms with van der Waals surface area (Å²) in [5, 5.41) is 4.34. The van der Waals surface area contributed by atoms with Gasteiger partial charge in [0.25, 0.3) is 5.91 Å². The van der Waals surface area contributed by atoms with Crippen molar-refractivity contribution >= 4 is 40.4 Å². The van der Waals surface area contributed by atoms with Gasteiger partial charge in [0.15, 0.2) is 0 Å². The van der Waals surface area contributed by atoms with Crippen LogP contribution in [0, 0.1) is 0 Å². The summed E-state index contributed by atoms with van der Waals surface area (Å²) in [6, 6.07) is 11.5. The van der Waals surface area contributed by atoms with Crippen LogP contribution in [0.1, 0.15) is 13.3 Å². The van der Waals surface area contributed by atoms with Gasteiger partial charge in [-0.15, -0.1) is 0 Å². The number of rotatable bonds is 4. The summed E-state index contributed by atoms with van der Waals surface area (Å²) in [7, 11) is 0. The summed E-state index contributed by atoms with van der Waals surface area (Å²) < 4.78 is 4.98.